The van der Waals surface area contributed by atoms with E-state index < -0.39 is 9.84 Å². The van der Waals surface area contributed by atoms with Crippen LogP contribution in [0.5, 0.6) is 5.75 Å². The topological polar surface area (TPSA) is 85.4 Å². The number of para-hydroxylation sites is 1. The van der Waals surface area contributed by atoms with Crippen molar-refractivity contribution < 1.29 is 17.9 Å². The molecule has 0 spiro atoms. The number of sulfone groups is 1. The van der Waals surface area contributed by atoms with Crippen LogP contribution in [-0.2, 0) is 21.1 Å². The van der Waals surface area contributed by atoms with Gasteiger partial charge in [-0.15, -0.1) is 0 Å². The molecule has 1 aliphatic rings. The fraction of sp³-hybridized carbons (Fsp3) is 0.280. The van der Waals surface area contributed by atoms with Gasteiger partial charge in [0.2, 0.25) is 5.91 Å². The van der Waals surface area contributed by atoms with Crippen LogP contribution in [0.1, 0.15) is 24.0 Å². The number of aromatic nitrogens is 1. The minimum absolute atomic E-state index is 0.137. The lowest BCUT2D eigenvalue weighted by Crippen LogP contribution is -2.15. The molecule has 2 aromatic carbocycles. The highest BCUT2D eigenvalue weighted by molar-refractivity contribution is 7.91. The van der Waals surface area contributed by atoms with Gasteiger partial charge in [0.15, 0.2) is 9.84 Å². The number of methoxy groups -OCH3 is 1. The molecule has 7 heteroatoms. The Morgan fingerprint density at radius 1 is 1.09 bits per heavy atom. The first-order chi connectivity index (χ1) is 15.4. The van der Waals surface area contributed by atoms with E-state index in [1.54, 1.807) is 37.6 Å². The lowest BCUT2D eigenvalue weighted by molar-refractivity contribution is -0.115. The molecule has 0 bridgehead atoms. The van der Waals surface area contributed by atoms with Gasteiger partial charge >= 0.3 is 0 Å². The van der Waals surface area contributed by atoms with Gasteiger partial charge in [0.05, 0.1) is 24.2 Å². The third kappa shape index (κ3) is 5.16. The van der Waals surface area contributed by atoms with Gasteiger partial charge in [0, 0.05) is 17.3 Å². The predicted molar refractivity (Wildman–Crippen MR) is 125 cm³/mol. The fourth-order valence-electron chi connectivity index (χ4n) is 3.65. The maximum absolute atomic E-state index is 12.5. The smallest absolute Gasteiger partial charge is 0.229 e. The molecule has 0 saturated heterocycles. The minimum Gasteiger partial charge on any atom is -0.496 e. The molecule has 1 aliphatic carbocycles. The maximum atomic E-state index is 12.5. The zero-order valence-corrected chi connectivity index (χ0v) is 19.0. The number of anilines is 1. The number of hydrogen-bond donors (Lipinski definition) is 1. The van der Waals surface area contributed by atoms with E-state index in [-0.39, 0.29) is 18.1 Å². The molecule has 1 aromatic heterocycles. The van der Waals surface area contributed by atoms with Crippen molar-refractivity contribution in [2.45, 2.75) is 31.1 Å². The summed E-state index contributed by atoms with van der Waals surface area (Å²) in [7, 11) is -1.62. The standard InChI is InChI=1S/C25H26N2O4S/c1-17-13-24(26-15-22(17)21-5-3-4-6-23(21)31-2)27-25(28)14-18-9-11-20(12-10-18)32(29,30)16-19-7-8-19/h3-6,9-13,15,19H,7-8,14,16H2,1-2H3,(H,26,27,28). The van der Waals surface area contributed by atoms with Crippen molar-refractivity contribution in [2.24, 2.45) is 5.92 Å². The van der Waals surface area contributed by atoms with Crippen LogP contribution in [0, 0.1) is 12.8 Å². The molecule has 0 aliphatic heterocycles. The molecule has 1 amide bonds. The number of carbonyl (C=O) groups excluding carboxylic acids is 1. The van der Waals surface area contributed by atoms with Crippen LogP contribution in [0.2, 0.25) is 0 Å². The van der Waals surface area contributed by atoms with Gasteiger partial charge in [0.1, 0.15) is 11.6 Å². The summed E-state index contributed by atoms with van der Waals surface area (Å²) in [4.78, 5) is 17.2. The van der Waals surface area contributed by atoms with E-state index >= 15 is 0 Å². The molecule has 0 atom stereocenters. The SMILES string of the molecule is COc1ccccc1-c1cnc(NC(=O)Cc2ccc(S(=O)(=O)CC3CC3)cc2)cc1C. The molecule has 166 valence electrons. The van der Waals surface area contributed by atoms with Crippen LogP contribution in [0.15, 0.2) is 65.7 Å². The number of amides is 1. The molecule has 4 rings (SSSR count). The first-order valence-corrected chi connectivity index (χ1v) is 12.2. The van der Waals surface area contributed by atoms with Crippen molar-refractivity contribution in [1.82, 2.24) is 4.98 Å². The molecule has 1 heterocycles. The van der Waals surface area contributed by atoms with Gasteiger partial charge in [-0.2, -0.15) is 0 Å². The molecule has 0 radical (unpaired) electrons. The summed E-state index contributed by atoms with van der Waals surface area (Å²) in [5, 5.41) is 2.82. The van der Waals surface area contributed by atoms with Gasteiger partial charge in [-0.1, -0.05) is 30.3 Å². The third-order valence-electron chi connectivity index (χ3n) is 5.57. The number of carbonyl (C=O) groups is 1. The van der Waals surface area contributed by atoms with Crippen LogP contribution < -0.4 is 10.1 Å². The highest BCUT2D eigenvalue weighted by Crippen LogP contribution is 2.33. The quantitative estimate of drug-likeness (QED) is 0.549. The summed E-state index contributed by atoms with van der Waals surface area (Å²) in [5.41, 5.74) is 3.58. The van der Waals surface area contributed by atoms with Gasteiger partial charge < -0.3 is 10.1 Å². The Labute approximate surface area is 188 Å². The Morgan fingerprint density at radius 3 is 2.47 bits per heavy atom. The zero-order chi connectivity index (χ0) is 22.7. The molecule has 0 unspecified atom stereocenters. The van der Waals surface area contributed by atoms with E-state index in [1.807, 2.05) is 37.3 Å². The normalized spacial score (nSPS) is 13.6. The monoisotopic (exact) mass is 450 g/mol. The first-order valence-electron chi connectivity index (χ1n) is 10.6. The van der Waals surface area contributed by atoms with Crippen molar-refractivity contribution in [1.29, 1.82) is 0 Å². The highest BCUT2D eigenvalue weighted by atomic mass is 32.2. The zero-order valence-electron chi connectivity index (χ0n) is 18.2. The molecule has 3 aromatic rings. The van der Waals surface area contributed by atoms with Crippen molar-refractivity contribution in [3.8, 4) is 16.9 Å². The second-order valence-electron chi connectivity index (χ2n) is 8.18. The number of pyridine rings is 1. The predicted octanol–water partition coefficient (Wildman–Crippen LogP) is 4.43. The van der Waals surface area contributed by atoms with E-state index in [1.165, 1.54) is 0 Å². The number of hydrogen-bond acceptors (Lipinski definition) is 5. The Balaban J connectivity index is 1.41. The van der Waals surface area contributed by atoms with Crippen LogP contribution in [-0.4, -0.2) is 32.2 Å². The van der Waals surface area contributed by atoms with Crippen LogP contribution in [0.4, 0.5) is 5.82 Å². The number of nitrogens with one attached hydrogen (secondary N) is 1. The molecule has 1 N–H and O–H groups in total. The van der Waals surface area contributed by atoms with Gasteiger partial charge in [0.25, 0.3) is 0 Å². The second kappa shape index (κ2) is 9.12. The fourth-order valence-corrected chi connectivity index (χ4v) is 5.35. The summed E-state index contributed by atoms with van der Waals surface area (Å²) >= 11 is 0. The molecule has 32 heavy (non-hydrogen) atoms. The molecule has 6 nitrogen and oxygen atoms in total. The largest absolute Gasteiger partial charge is 0.496 e. The minimum atomic E-state index is -3.25. The first kappa shape index (κ1) is 22.0. The van der Waals surface area contributed by atoms with E-state index in [2.05, 4.69) is 10.3 Å². The van der Waals surface area contributed by atoms with Crippen molar-refractivity contribution in [2.75, 3.05) is 18.2 Å². The molecule has 1 fully saturated rings. The molecular weight excluding hydrogens is 424 g/mol. The summed E-state index contributed by atoms with van der Waals surface area (Å²) in [6.45, 7) is 1.96. The van der Waals surface area contributed by atoms with Crippen molar-refractivity contribution in [3.63, 3.8) is 0 Å². The maximum Gasteiger partial charge on any atom is 0.229 e. The van der Waals surface area contributed by atoms with E-state index in [9.17, 15) is 13.2 Å². The van der Waals surface area contributed by atoms with Crippen LogP contribution >= 0.6 is 0 Å². The number of nitrogens with zero attached hydrogens (tertiary/aromatic N) is 1. The van der Waals surface area contributed by atoms with Crippen LogP contribution in [0.3, 0.4) is 0 Å². The lowest BCUT2D eigenvalue weighted by atomic mass is 10.0. The Morgan fingerprint density at radius 2 is 1.81 bits per heavy atom. The van der Waals surface area contributed by atoms with Gasteiger partial charge in [-0.3, -0.25) is 4.79 Å². The van der Waals surface area contributed by atoms with E-state index in [0.29, 0.717) is 16.6 Å². The Bertz CT molecular complexity index is 1230. The summed E-state index contributed by atoms with van der Waals surface area (Å²) < 4.78 is 30.2. The third-order valence-corrected chi connectivity index (χ3v) is 7.48. The number of ether oxygens (including phenoxy) is 1. The van der Waals surface area contributed by atoms with Crippen molar-refractivity contribution in [3.05, 3.63) is 71.9 Å². The Hall–Kier alpha value is -3.19. The van der Waals surface area contributed by atoms with Gasteiger partial charge in [-0.25, -0.2) is 13.4 Å². The molecular formula is C25H26N2O4S. The highest BCUT2D eigenvalue weighted by Gasteiger charge is 2.29. The lowest BCUT2D eigenvalue weighted by Gasteiger charge is -2.12. The number of rotatable bonds is 8. The average Bonchev–Trinajstić information content (AvgIpc) is 3.57. The average molecular weight is 451 g/mol. The summed E-state index contributed by atoms with van der Waals surface area (Å²) in [5.74, 6) is 1.53. The Kier molecular flexibility index (Phi) is 6.28. The van der Waals surface area contributed by atoms with E-state index in [0.717, 1.165) is 40.8 Å². The van der Waals surface area contributed by atoms with Crippen LogP contribution in [0.25, 0.3) is 11.1 Å². The summed E-state index contributed by atoms with van der Waals surface area (Å²) in [6.07, 6.45) is 3.84. The van der Waals surface area contributed by atoms with Gasteiger partial charge in [-0.05, 0) is 61.1 Å². The number of benzene rings is 2. The van der Waals surface area contributed by atoms with E-state index in [4.69, 9.17) is 4.74 Å². The number of aryl methyl sites for hydroxylation is 1. The summed E-state index contributed by atoms with van der Waals surface area (Å²) in [6, 6.07) is 16.1. The molecule has 1 saturated carbocycles. The second-order valence-corrected chi connectivity index (χ2v) is 10.2. The van der Waals surface area contributed by atoms with Crippen molar-refractivity contribution >= 4 is 21.6 Å².